The van der Waals surface area contributed by atoms with Crippen molar-refractivity contribution in [2.45, 2.75) is 32.1 Å². The lowest BCUT2D eigenvalue weighted by Crippen LogP contribution is -2.42. The molecule has 12 heteroatoms. The third kappa shape index (κ3) is 7.16. The SMILES string of the molecule is O=C(O)C1CCN(C(=O)COc2c(Br)cc(-c3noc(C(=O)N4CCC(Cc5ccccc5)CC4)n3)cc2Br)CC1. The van der Waals surface area contributed by atoms with Crippen LogP contribution >= 0.6 is 31.9 Å². The second-order valence-electron chi connectivity index (χ2n) is 10.4. The van der Waals surface area contributed by atoms with Crippen molar-refractivity contribution in [1.29, 1.82) is 0 Å². The number of aromatic nitrogens is 2. The monoisotopic (exact) mass is 688 g/mol. The smallest absolute Gasteiger partial charge is 0.316 e. The fraction of sp³-hybridized carbons (Fsp3) is 0.414. The lowest BCUT2D eigenvalue weighted by atomic mass is 9.90. The van der Waals surface area contributed by atoms with E-state index in [-0.39, 0.29) is 30.1 Å². The normalized spacial score (nSPS) is 16.5. The number of hydrogen-bond acceptors (Lipinski definition) is 7. The number of amides is 2. The summed E-state index contributed by atoms with van der Waals surface area (Å²) in [7, 11) is 0. The van der Waals surface area contributed by atoms with Gasteiger partial charge in [-0.25, -0.2) is 0 Å². The van der Waals surface area contributed by atoms with Gasteiger partial charge in [0.2, 0.25) is 5.82 Å². The van der Waals surface area contributed by atoms with E-state index in [1.54, 1.807) is 21.9 Å². The predicted molar refractivity (Wildman–Crippen MR) is 156 cm³/mol. The highest BCUT2D eigenvalue weighted by Crippen LogP contribution is 2.37. The lowest BCUT2D eigenvalue weighted by Gasteiger charge is -2.31. The molecule has 2 aromatic carbocycles. The average molecular weight is 690 g/mol. The summed E-state index contributed by atoms with van der Waals surface area (Å²) in [5.74, 6) is -0.528. The number of aliphatic carboxylic acids is 1. The first kappa shape index (κ1) is 29.2. The largest absolute Gasteiger partial charge is 0.481 e. The zero-order valence-electron chi connectivity index (χ0n) is 22.3. The molecule has 2 amide bonds. The summed E-state index contributed by atoms with van der Waals surface area (Å²) in [6.45, 7) is 1.90. The number of benzene rings is 2. The van der Waals surface area contributed by atoms with Crippen molar-refractivity contribution in [1.82, 2.24) is 19.9 Å². The third-order valence-electron chi connectivity index (χ3n) is 7.67. The molecule has 10 nitrogen and oxygen atoms in total. The molecule has 5 rings (SSSR count). The number of carbonyl (C=O) groups excluding carboxylic acids is 2. The molecule has 2 aliphatic rings. The van der Waals surface area contributed by atoms with Crippen molar-refractivity contribution in [2.75, 3.05) is 32.8 Å². The maximum atomic E-state index is 13.1. The fourth-order valence-electron chi connectivity index (χ4n) is 5.28. The van der Waals surface area contributed by atoms with Gasteiger partial charge in [0.15, 0.2) is 6.61 Å². The van der Waals surface area contributed by atoms with Crippen LogP contribution in [0.2, 0.25) is 0 Å². The molecule has 216 valence electrons. The third-order valence-corrected chi connectivity index (χ3v) is 8.85. The van der Waals surface area contributed by atoms with Gasteiger partial charge in [-0.1, -0.05) is 35.5 Å². The summed E-state index contributed by atoms with van der Waals surface area (Å²) in [6, 6.07) is 13.9. The van der Waals surface area contributed by atoms with Crippen molar-refractivity contribution < 1.29 is 28.8 Å². The number of likely N-dealkylation sites (tertiary alicyclic amines) is 2. The average Bonchev–Trinajstić information content (AvgIpc) is 3.48. The second-order valence-corrected chi connectivity index (χ2v) is 12.1. The minimum Gasteiger partial charge on any atom is -0.481 e. The Bertz CT molecular complexity index is 1380. The first-order valence-electron chi connectivity index (χ1n) is 13.6. The number of halogens is 2. The van der Waals surface area contributed by atoms with Crippen LogP contribution in [-0.4, -0.2) is 75.6 Å². The van der Waals surface area contributed by atoms with Crippen LogP contribution in [0.15, 0.2) is 55.9 Å². The van der Waals surface area contributed by atoms with Crippen LogP contribution in [-0.2, 0) is 16.0 Å². The molecule has 1 N–H and O–H groups in total. The molecule has 2 fully saturated rings. The van der Waals surface area contributed by atoms with E-state index in [1.807, 2.05) is 6.07 Å². The molecule has 0 atom stereocenters. The Labute approximate surface area is 254 Å². The van der Waals surface area contributed by atoms with Gasteiger partial charge in [0.05, 0.1) is 14.9 Å². The quantitative estimate of drug-likeness (QED) is 0.348. The van der Waals surface area contributed by atoms with Gasteiger partial charge >= 0.3 is 17.8 Å². The van der Waals surface area contributed by atoms with Crippen LogP contribution in [0.5, 0.6) is 5.75 Å². The Balaban J connectivity index is 1.16. The maximum Gasteiger partial charge on any atom is 0.316 e. The topological polar surface area (TPSA) is 126 Å². The summed E-state index contributed by atoms with van der Waals surface area (Å²) in [5, 5.41) is 13.2. The van der Waals surface area contributed by atoms with Gasteiger partial charge in [0.1, 0.15) is 5.75 Å². The zero-order chi connectivity index (χ0) is 28.9. The highest BCUT2D eigenvalue weighted by molar-refractivity contribution is 9.11. The molecule has 0 bridgehead atoms. The molecule has 2 aliphatic heterocycles. The molecular formula is C29H30Br2N4O6. The maximum absolute atomic E-state index is 13.1. The van der Waals surface area contributed by atoms with Crippen LogP contribution in [0.4, 0.5) is 0 Å². The molecule has 0 radical (unpaired) electrons. The van der Waals surface area contributed by atoms with Crippen LogP contribution < -0.4 is 4.74 Å². The van der Waals surface area contributed by atoms with Gasteiger partial charge in [-0.2, -0.15) is 4.98 Å². The Morgan fingerprint density at radius 3 is 2.22 bits per heavy atom. The molecular weight excluding hydrogens is 660 g/mol. The van der Waals surface area contributed by atoms with Crippen molar-refractivity contribution >= 4 is 49.6 Å². The molecule has 0 saturated carbocycles. The Morgan fingerprint density at radius 1 is 0.951 bits per heavy atom. The fourth-order valence-corrected chi connectivity index (χ4v) is 6.69. The highest BCUT2D eigenvalue weighted by atomic mass is 79.9. The molecule has 0 aliphatic carbocycles. The van der Waals surface area contributed by atoms with Gasteiger partial charge < -0.3 is 24.2 Å². The molecule has 0 spiro atoms. The first-order chi connectivity index (χ1) is 19.8. The minimum atomic E-state index is -0.821. The van der Waals surface area contributed by atoms with E-state index in [0.717, 1.165) is 19.3 Å². The summed E-state index contributed by atoms with van der Waals surface area (Å²) in [4.78, 5) is 44.6. The molecule has 2 saturated heterocycles. The number of carboxylic acid groups (broad SMARTS) is 1. The predicted octanol–water partition coefficient (Wildman–Crippen LogP) is 5.06. The van der Waals surface area contributed by atoms with Gasteiger partial charge in [-0.05, 0) is 87.6 Å². The Hall–Kier alpha value is -3.25. The second kappa shape index (κ2) is 13.2. The highest BCUT2D eigenvalue weighted by Gasteiger charge is 2.29. The summed E-state index contributed by atoms with van der Waals surface area (Å²) >= 11 is 6.97. The Morgan fingerprint density at radius 2 is 1.59 bits per heavy atom. The number of piperidine rings is 2. The summed E-state index contributed by atoms with van der Waals surface area (Å²) in [5.41, 5.74) is 1.92. The van der Waals surface area contributed by atoms with Crippen LogP contribution in [0.25, 0.3) is 11.4 Å². The van der Waals surface area contributed by atoms with Gasteiger partial charge in [-0.3, -0.25) is 14.4 Å². The van der Waals surface area contributed by atoms with Crippen molar-refractivity contribution in [3.63, 3.8) is 0 Å². The molecule has 0 unspecified atom stereocenters. The number of carboxylic acids is 1. The van der Waals surface area contributed by atoms with E-state index in [1.165, 1.54) is 5.56 Å². The van der Waals surface area contributed by atoms with Crippen molar-refractivity contribution in [2.24, 2.45) is 11.8 Å². The van der Waals surface area contributed by atoms with E-state index < -0.39 is 11.9 Å². The summed E-state index contributed by atoms with van der Waals surface area (Å²) < 4.78 is 12.3. The van der Waals surface area contributed by atoms with Gasteiger partial charge in [0, 0.05) is 31.7 Å². The van der Waals surface area contributed by atoms with E-state index >= 15 is 0 Å². The molecule has 1 aromatic heterocycles. The number of nitrogens with zero attached hydrogens (tertiary/aromatic N) is 4. The van der Waals surface area contributed by atoms with Crippen molar-refractivity contribution in [3.05, 3.63) is 62.9 Å². The van der Waals surface area contributed by atoms with E-state index in [9.17, 15) is 14.4 Å². The van der Waals surface area contributed by atoms with Crippen LogP contribution in [0, 0.1) is 11.8 Å². The Kier molecular flexibility index (Phi) is 9.39. The number of rotatable bonds is 8. The molecule has 41 heavy (non-hydrogen) atoms. The zero-order valence-corrected chi connectivity index (χ0v) is 25.5. The van der Waals surface area contributed by atoms with Crippen LogP contribution in [0.1, 0.15) is 41.9 Å². The minimum absolute atomic E-state index is 0.0497. The van der Waals surface area contributed by atoms with E-state index in [4.69, 9.17) is 14.4 Å². The van der Waals surface area contributed by atoms with Crippen molar-refractivity contribution in [3.8, 4) is 17.1 Å². The van der Waals surface area contributed by atoms with Crippen LogP contribution in [0.3, 0.4) is 0 Å². The van der Waals surface area contributed by atoms with Gasteiger partial charge in [0.25, 0.3) is 5.91 Å². The summed E-state index contributed by atoms with van der Waals surface area (Å²) in [6.07, 6.45) is 3.73. The first-order valence-corrected chi connectivity index (χ1v) is 15.2. The lowest BCUT2D eigenvalue weighted by molar-refractivity contribution is -0.146. The van der Waals surface area contributed by atoms with E-state index in [2.05, 4.69) is 66.3 Å². The molecule has 3 aromatic rings. The number of hydrogen-bond donors (Lipinski definition) is 1. The van der Waals surface area contributed by atoms with E-state index in [0.29, 0.717) is 65.2 Å². The number of ether oxygens (including phenoxy) is 1. The standard InChI is InChI=1S/C29H30Br2N4O6/c30-22-15-21(16-23(31)25(22)40-17-24(36)34-12-8-20(9-13-34)29(38)39)26-32-27(41-33-26)28(37)35-10-6-19(7-11-35)14-18-4-2-1-3-5-18/h1-5,15-16,19-20H,6-14,17H2,(H,38,39). The molecule has 3 heterocycles. The van der Waals surface area contributed by atoms with Gasteiger partial charge in [-0.15, -0.1) is 0 Å². The number of carbonyl (C=O) groups is 3.